The molecule has 4 nitrogen and oxygen atoms in total. The highest BCUT2D eigenvalue weighted by Crippen LogP contribution is 2.57. The highest BCUT2D eigenvalue weighted by molar-refractivity contribution is 5.89. The van der Waals surface area contributed by atoms with Crippen molar-refractivity contribution in [3.05, 3.63) is 252 Å². The Morgan fingerprint density at radius 3 is 1.50 bits per heavy atom. The highest BCUT2D eigenvalue weighted by Gasteiger charge is 2.46. The van der Waals surface area contributed by atoms with Gasteiger partial charge in [0.2, 0.25) is 0 Å². The van der Waals surface area contributed by atoms with Crippen molar-refractivity contribution in [1.82, 2.24) is 19.9 Å². The lowest BCUT2D eigenvalue weighted by Crippen LogP contribution is -2.28. The van der Waals surface area contributed by atoms with Crippen LogP contribution in [0.25, 0.3) is 78.8 Å². The maximum absolute atomic E-state index is 5.16. The molecule has 292 valence electrons. The summed E-state index contributed by atoms with van der Waals surface area (Å²) in [6.07, 6.45) is 1.99. The molecule has 0 radical (unpaired) electrons. The van der Waals surface area contributed by atoms with Gasteiger partial charge in [0.25, 0.3) is 0 Å². The summed E-state index contributed by atoms with van der Waals surface area (Å²) >= 11 is 0. The van der Waals surface area contributed by atoms with Gasteiger partial charge in [-0.2, -0.15) is 0 Å². The second-order valence-electron chi connectivity index (χ2n) is 15.9. The average molecular weight is 793 g/mol. The first-order valence-electron chi connectivity index (χ1n) is 21.0. The first kappa shape index (κ1) is 37.0. The zero-order valence-electron chi connectivity index (χ0n) is 34.2. The fourth-order valence-corrected chi connectivity index (χ4v) is 9.23. The summed E-state index contributed by atoms with van der Waals surface area (Å²) in [5, 5.41) is 0. The third-order valence-electron chi connectivity index (χ3n) is 12.2. The molecule has 62 heavy (non-hydrogen) atoms. The average Bonchev–Trinajstić information content (AvgIpc) is 3.65. The van der Waals surface area contributed by atoms with Crippen molar-refractivity contribution in [2.24, 2.45) is 0 Å². The van der Waals surface area contributed by atoms with E-state index in [1.807, 2.05) is 48.7 Å². The van der Waals surface area contributed by atoms with E-state index in [4.69, 9.17) is 19.9 Å². The van der Waals surface area contributed by atoms with Crippen LogP contribution in [0, 0.1) is 6.92 Å². The van der Waals surface area contributed by atoms with Gasteiger partial charge in [0.05, 0.1) is 11.1 Å². The van der Waals surface area contributed by atoms with E-state index < -0.39 is 5.41 Å². The molecule has 2 heterocycles. The number of nitrogens with zero attached hydrogens (tertiary/aromatic N) is 4. The zero-order valence-corrected chi connectivity index (χ0v) is 34.2. The number of aryl methyl sites for hydroxylation is 1. The summed E-state index contributed by atoms with van der Waals surface area (Å²) in [5.74, 6) is 1.91. The number of fused-ring (bicyclic) bond motifs is 3. The first-order valence-corrected chi connectivity index (χ1v) is 21.0. The summed E-state index contributed by atoms with van der Waals surface area (Å²) in [7, 11) is 0. The Balaban J connectivity index is 1.09. The summed E-state index contributed by atoms with van der Waals surface area (Å²) < 4.78 is 0. The van der Waals surface area contributed by atoms with Gasteiger partial charge in [-0.05, 0) is 92.4 Å². The van der Waals surface area contributed by atoms with Gasteiger partial charge in [0.1, 0.15) is 0 Å². The topological polar surface area (TPSA) is 51.6 Å². The molecule has 0 bridgehead atoms. The molecule has 0 amide bonds. The van der Waals surface area contributed by atoms with Crippen molar-refractivity contribution in [1.29, 1.82) is 0 Å². The van der Waals surface area contributed by atoms with Gasteiger partial charge in [-0.25, -0.2) is 15.0 Å². The van der Waals surface area contributed by atoms with Crippen LogP contribution in [-0.2, 0) is 5.41 Å². The van der Waals surface area contributed by atoms with Gasteiger partial charge in [0, 0.05) is 28.5 Å². The van der Waals surface area contributed by atoms with Crippen molar-refractivity contribution in [2.45, 2.75) is 12.3 Å². The molecule has 2 aromatic heterocycles. The highest BCUT2D eigenvalue weighted by atomic mass is 15.0. The SMILES string of the molecule is Cc1cnc(-c2ccccc2)cc1-c1cccc(-c2cccc(C3(c4ccccc4)c4ccccc4-c4ccc(-c5nc(-c6ccccc6)nc(-c6ccccc6)n5)cc43)c2)c1. The number of aromatic nitrogens is 4. The standard InChI is InChI=1S/C58H40N4/c1-39-38-59-54(40-18-6-2-7-19-40)37-51(39)45-26-16-24-43(34-45)44-25-17-29-48(35-44)58(47-27-12-5-13-28-47)52-31-15-14-30-49(52)50-33-32-46(36-53(50)58)57-61-55(41-20-8-3-9-21-41)60-56(62-57)42-22-10-4-11-23-42/h2-38H,1H3. The lowest BCUT2D eigenvalue weighted by atomic mass is 9.67. The molecule has 1 atom stereocenters. The summed E-state index contributed by atoms with van der Waals surface area (Å²) in [4.78, 5) is 20.1. The second kappa shape index (κ2) is 15.5. The molecule has 0 N–H and O–H groups in total. The third kappa shape index (κ3) is 6.41. The third-order valence-corrected chi connectivity index (χ3v) is 12.2. The number of hydrogen-bond donors (Lipinski definition) is 0. The van der Waals surface area contributed by atoms with E-state index in [1.165, 1.54) is 38.9 Å². The lowest BCUT2D eigenvalue weighted by molar-refractivity contribution is 0.769. The van der Waals surface area contributed by atoms with Crippen molar-refractivity contribution in [3.63, 3.8) is 0 Å². The molecule has 1 aliphatic rings. The summed E-state index contributed by atoms with van der Waals surface area (Å²) in [6, 6.07) is 77.5. The number of benzene rings is 8. The first-order chi connectivity index (χ1) is 30.6. The van der Waals surface area contributed by atoms with Gasteiger partial charge in [-0.3, -0.25) is 4.98 Å². The van der Waals surface area contributed by atoms with Crippen molar-refractivity contribution in [3.8, 4) is 78.8 Å². The Morgan fingerprint density at radius 1 is 0.323 bits per heavy atom. The normalized spacial score (nSPS) is 14.0. The Morgan fingerprint density at radius 2 is 0.823 bits per heavy atom. The van der Waals surface area contributed by atoms with E-state index in [0.717, 1.165) is 50.2 Å². The summed E-state index contributed by atoms with van der Waals surface area (Å²) in [5.41, 5.74) is 17.3. The van der Waals surface area contributed by atoms with Gasteiger partial charge in [-0.15, -0.1) is 0 Å². The molecule has 0 spiro atoms. The van der Waals surface area contributed by atoms with Crippen LogP contribution in [0.2, 0.25) is 0 Å². The van der Waals surface area contributed by atoms with E-state index in [1.54, 1.807) is 0 Å². The largest absolute Gasteiger partial charge is 0.256 e. The molecule has 11 rings (SSSR count). The number of hydrogen-bond acceptors (Lipinski definition) is 4. The molecule has 1 unspecified atom stereocenters. The minimum absolute atomic E-state index is 0.630. The Kier molecular flexibility index (Phi) is 9.24. The molecule has 0 saturated heterocycles. The Bertz CT molecular complexity index is 3180. The van der Waals surface area contributed by atoms with Gasteiger partial charge in [0.15, 0.2) is 17.5 Å². The number of pyridine rings is 1. The molecule has 1 aliphatic carbocycles. The van der Waals surface area contributed by atoms with E-state index in [9.17, 15) is 0 Å². The van der Waals surface area contributed by atoms with E-state index >= 15 is 0 Å². The maximum Gasteiger partial charge on any atom is 0.164 e. The molecule has 0 aliphatic heterocycles. The van der Waals surface area contributed by atoms with Crippen molar-refractivity contribution < 1.29 is 0 Å². The minimum Gasteiger partial charge on any atom is -0.256 e. The molecule has 8 aromatic carbocycles. The smallest absolute Gasteiger partial charge is 0.164 e. The molecule has 0 fully saturated rings. The van der Waals surface area contributed by atoms with Gasteiger partial charge in [-0.1, -0.05) is 194 Å². The minimum atomic E-state index is -0.638. The predicted octanol–water partition coefficient (Wildman–Crippen LogP) is 13.9. The van der Waals surface area contributed by atoms with E-state index in [0.29, 0.717) is 17.5 Å². The van der Waals surface area contributed by atoms with Crippen LogP contribution in [-0.4, -0.2) is 19.9 Å². The van der Waals surface area contributed by atoms with Crippen LogP contribution >= 0.6 is 0 Å². The second-order valence-corrected chi connectivity index (χ2v) is 15.9. The van der Waals surface area contributed by atoms with Crippen LogP contribution < -0.4 is 0 Å². The van der Waals surface area contributed by atoms with Crippen molar-refractivity contribution >= 4 is 0 Å². The Labute approximate surface area is 362 Å². The molecule has 4 heteroatoms. The monoisotopic (exact) mass is 792 g/mol. The predicted molar refractivity (Wildman–Crippen MR) is 252 cm³/mol. The fraction of sp³-hybridized carbons (Fsp3) is 0.0345. The van der Waals surface area contributed by atoms with Crippen LogP contribution in [0.15, 0.2) is 225 Å². The van der Waals surface area contributed by atoms with Gasteiger partial charge < -0.3 is 0 Å². The Hall–Kier alpha value is -8.08. The molecular formula is C58H40N4. The molecule has 10 aromatic rings. The van der Waals surface area contributed by atoms with Crippen molar-refractivity contribution in [2.75, 3.05) is 0 Å². The van der Waals surface area contributed by atoms with Crippen LogP contribution in [0.3, 0.4) is 0 Å². The van der Waals surface area contributed by atoms with Crippen LogP contribution in [0.1, 0.15) is 27.8 Å². The molecular weight excluding hydrogens is 753 g/mol. The van der Waals surface area contributed by atoms with E-state index in [-0.39, 0.29) is 0 Å². The quantitative estimate of drug-likeness (QED) is 0.154. The maximum atomic E-state index is 5.16. The van der Waals surface area contributed by atoms with Gasteiger partial charge >= 0.3 is 0 Å². The van der Waals surface area contributed by atoms with Crippen LogP contribution in [0.4, 0.5) is 0 Å². The molecule has 0 saturated carbocycles. The lowest BCUT2D eigenvalue weighted by Gasteiger charge is -2.34. The fourth-order valence-electron chi connectivity index (χ4n) is 9.23. The summed E-state index contributed by atoms with van der Waals surface area (Å²) in [6.45, 7) is 2.14. The van der Waals surface area contributed by atoms with E-state index in [2.05, 4.69) is 183 Å². The zero-order chi connectivity index (χ0) is 41.5. The number of rotatable bonds is 8. The van der Waals surface area contributed by atoms with Crippen LogP contribution in [0.5, 0.6) is 0 Å².